The summed E-state index contributed by atoms with van der Waals surface area (Å²) in [6, 6.07) is 0. The van der Waals surface area contributed by atoms with E-state index in [9.17, 15) is 5.11 Å². The Labute approximate surface area is 115 Å². The molecule has 0 aliphatic rings. The highest BCUT2D eigenvalue weighted by molar-refractivity contribution is 4.57. The first-order valence-corrected chi connectivity index (χ1v) is 7.70. The molecule has 0 saturated carbocycles. The van der Waals surface area contributed by atoms with E-state index in [1.165, 1.54) is 24.1 Å². The number of aliphatic hydroxyl groups excluding tert-OH is 1. The van der Waals surface area contributed by atoms with Crippen LogP contribution < -0.4 is 0 Å². The van der Waals surface area contributed by atoms with Crippen LogP contribution in [0.2, 0.25) is 0 Å². The van der Waals surface area contributed by atoms with Gasteiger partial charge in [0.2, 0.25) is 0 Å². The van der Waals surface area contributed by atoms with Gasteiger partial charge in [0, 0.05) is 24.2 Å². The van der Waals surface area contributed by atoms with Gasteiger partial charge in [-0.05, 0) is 6.92 Å². The van der Waals surface area contributed by atoms with E-state index in [-0.39, 0.29) is 6.10 Å². The van der Waals surface area contributed by atoms with E-state index in [0.717, 1.165) is 30.7 Å². The van der Waals surface area contributed by atoms with Gasteiger partial charge in [-0.25, -0.2) is 0 Å². The van der Waals surface area contributed by atoms with Crippen LogP contribution in [-0.2, 0) is 0 Å². The molecular formula is C16H36NO+. The maximum atomic E-state index is 9.61. The van der Waals surface area contributed by atoms with Crippen LogP contribution in [0.3, 0.4) is 0 Å². The molecule has 0 aromatic carbocycles. The van der Waals surface area contributed by atoms with Gasteiger partial charge in [0.25, 0.3) is 0 Å². The average Bonchev–Trinajstić information content (AvgIpc) is 2.11. The number of hydrogen-bond donors (Lipinski definition) is 1. The summed E-state index contributed by atoms with van der Waals surface area (Å²) in [5.41, 5.74) is 0. The molecule has 0 aliphatic heterocycles. The number of rotatable bonds is 9. The van der Waals surface area contributed by atoms with Gasteiger partial charge in [0.1, 0.15) is 0 Å². The molecule has 0 spiro atoms. The molecule has 2 nitrogen and oxygen atoms in total. The molecule has 1 unspecified atom stereocenters. The molecular weight excluding hydrogens is 222 g/mol. The van der Waals surface area contributed by atoms with Crippen molar-refractivity contribution < 1.29 is 9.59 Å². The van der Waals surface area contributed by atoms with E-state index in [0.29, 0.717) is 0 Å². The smallest absolute Gasteiger partial charge is 0.0811 e. The summed E-state index contributed by atoms with van der Waals surface area (Å²) in [7, 11) is 0. The van der Waals surface area contributed by atoms with Gasteiger partial charge in [0.05, 0.1) is 32.3 Å². The Balaban J connectivity index is 4.85. The predicted octanol–water partition coefficient (Wildman–Crippen LogP) is 3.54. The lowest BCUT2D eigenvalue weighted by Gasteiger charge is -2.43. The minimum atomic E-state index is -0.172. The fourth-order valence-corrected chi connectivity index (χ4v) is 3.28. The molecule has 0 saturated heterocycles. The first kappa shape index (κ1) is 17.9. The topological polar surface area (TPSA) is 20.2 Å². The van der Waals surface area contributed by atoms with Crippen molar-refractivity contribution in [3.63, 3.8) is 0 Å². The summed E-state index contributed by atoms with van der Waals surface area (Å²) < 4.78 is 1.18. The lowest BCUT2D eigenvalue weighted by Crippen LogP contribution is -2.55. The zero-order chi connectivity index (χ0) is 14.3. The van der Waals surface area contributed by atoms with Crippen LogP contribution in [0, 0.1) is 17.8 Å². The first-order valence-electron chi connectivity index (χ1n) is 7.70. The van der Waals surface area contributed by atoms with Crippen LogP contribution >= 0.6 is 0 Å². The quantitative estimate of drug-likeness (QED) is 0.627. The largest absolute Gasteiger partial charge is 0.393 e. The molecule has 1 N–H and O–H groups in total. The zero-order valence-corrected chi connectivity index (χ0v) is 13.7. The summed E-state index contributed by atoms with van der Waals surface area (Å²) in [6.45, 7) is 20.6. The van der Waals surface area contributed by atoms with Crippen LogP contribution in [-0.4, -0.2) is 41.9 Å². The van der Waals surface area contributed by atoms with Crippen molar-refractivity contribution in [1.29, 1.82) is 0 Å². The Hall–Kier alpha value is -0.0800. The summed E-state index contributed by atoms with van der Waals surface area (Å²) in [4.78, 5) is 0. The van der Waals surface area contributed by atoms with E-state index in [2.05, 4.69) is 41.5 Å². The molecule has 0 bridgehead atoms. The zero-order valence-electron chi connectivity index (χ0n) is 13.7. The van der Waals surface area contributed by atoms with Crippen LogP contribution in [0.25, 0.3) is 0 Å². The van der Waals surface area contributed by atoms with E-state index in [4.69, 9.17) is 0 Å². The summed E-state index contributed by atoms with van der Waals surface area (Å²) in [5, 5.41) is 9.61. The third kappa shape index (κ3) is 8.10. The second-order valence-corrected chi connectivity index (χ2v) is 7.43. The van der Waals surface area contributed by atoms with Crippen LogP contribution in [0.1, 0.15) is 54.9 Å². The molecule has 0 heterocycles. The second-order valence-electron chi connectivity index (χ2n) is 7.43. The molecule has 0 amide bonds. The van der Waals surface area contributed by atoms with E-state index >= 15 is 0 Å². The van der Waals surface area contributed by atoms with Crippen molar-refractivity contribution >= 4 is 0 Å². The summed E-state index contributed by atoms with van der Waals surface area (Å²) in [6.07, 6.45) is 0.751. The molecule has 0 radical (unpaired) electrons. The minimum absolute atomic E-state index is 0.172. The molecule has 110 valence electrons. The fourth-order valence-electron chi connectivity index (χ4n) is 3.28. The summed E-state index contributed by atoms with van der Waals surface area (Å²) >= 11 is 0. The maximum absolute atomic E-state index is 9.61. The monoisotopic (exact) mass is 258 g/mol. The van der Waals surface area contributed by atoms with Gasteiger partial charge in [-0.3, -0.25) is 0 Å². The molecule has 18 heavy (non-hydrogen) atoms. The maximum Gasteiger partial charge on any atom is 0.0811 e. The predicted molar refractivity (Wildman–Crippen MR) is 80.5 cm³/mol. The Morgan fingerprint density at radius 3 is 1.28 bits per heavy atom. The summed E-state index contributed by atoms with van der Waals surface area (Å²) in [5.74, 6) is 2.16. The molecule has 0 rings (SSSR count). The minimum Gasteiger partial charge on any atom is -0.393 e. The lowest BCUT2D eigenvalue weighted by atomic mass is 10.0. The van der Waals surface area contributed by atoms with Crippen LogP contribution in [0.5, 0.6) is 0 Å². The van der Waals surface area contributed by atoms with Crippen molar-refractivity contribution in [2.24, 2.45) is 17.8 Å². The Morgan fingerprint density at radius 2 is 1.06 bits per heavy atom. The third-order valence-corrected chi connectivity index (χ3v) is 3.28. The highest BCUT2D eigenvalue weighted by atomic mass is 16.3. The number of nitrogens with zero attached hydrogens (tertiary/aromatic N) is 1. The number of quaternary nitrogens is 1. The van der Waals surface area contributed by atoms with Gasteiger partial charge >= 0.3 is 0 Å². The second kappa shape index (κ2) is 8.16. The van der Waals surface area contributed by atoms with Gasteiger partial charge in [-0.2, -0.15) is 0 Å². The molecule has 2 heteroatoms. The van der Waals surface area contributed by atoms with E-state index < -0.39 is 0 Å². The van der Waals surface area contributed by atoms with Gasteiger partial charge in [-0.1, -0.05) is 41.5 Å². The van der Waals surface area contributed by atoms with Crippen LogP contribution in [0.15, 0.2) is 0 Å². The van der Waals surface area contributed by atoms with Crippen molar-refractivity contribution in [3.8, 4) is 0 Å². The standard InChI is InChI=1S/C16H36NO/c1-13(2)10-17(11-14(3)4,12-15(5)6)9-8-16(7)18/h13-16,18H,8-12H2,1-7H3/q+1. The Kier molecular flexibility index (Phi) is 8.13. The highest BCUT2D eigenvalue weighted by Gasteiger charge is 2.30. The normalized spacial score (nSPS) is 14.8. The Bertz CT molecular complexity index is 183. The van der Waals surface area contributed by atoms with Gasteiger partial charge in [0.15, 0.2) is 0 Å². The molecule has 0 aliphatic carbocycles. The Morgan fingerprint density at radius 1 is 0.722 bits per heavy atom. The first-order chi connectivity index (χ1) is 8.17. The van der Waals surface area contributed by atoms with Crippen molar-refractivity contribution in [3.05, 3.63) is 0 Å². The van der Waals surface area contributed by atoms with Crippen molar-refractivity contribution in [2.45, 2.75) is 61.0 Å². The number of hydrogen-bond acceptors (Lipinski definition) is 1. The van der Waals surface area contributed by atoms with E-state index in [1.54, 1.807) is 0 Å². The third-order valence-electron chi connectivity index (χ3n) is 3.28. The molecule has 0 fully saturated rings. The average molecular weight is 258 g/mol. The lowest BCUT2D eigenvalue weighted by molar-refractivity contribution is -0.936. The fraction of sp³-hybridized carbons (Fsp3) is 1.00. The highest BCUT2D eigenvalue weighted by Crippen LogP contribution is 2.20. The van der Waals surface area contributed by atoms with Gasteiger partial charge < -0.3 is 9.59 Å². The molecule has 0 aromatic heterocycles. The van der Waals surface area contributed by atoms with Gasteiger partial charge in [-0.15, -0.1) is 0 Å². The molecule has 1 atom stereocenters. The molecule has 0 aromatic rings. The van der Waals surface area contributed by atoms with Crippen molar-refractivity contribution in [1.82, 2.24) is 0 Å². The SMILES string of the molecule is CC(C)C[N+](CCC(C)O)(CC(C)C)CC(C)C. The van der Waals surface area contributed by atoms with E-state index in [1.807, 2.05) is 6.92 Å². The van der Waals surface area contributed by atoms with Crippen molar-refractivity contribution in [2.75, 3.05) is 26.2 Å². The number of aliphatic hydroxyl groups is 1. The van der Waals surface area contributed by atoms with Crippen LogP contribution in [0.4, 0.5) is 0 Å².